The molecule has 0 spiro atoms. The Kier molecular flexibility index (Phi) is 7.25. The molecule has 0 heterocycles. The van der Waals surface area contributed by atoms with Gasteiger partial charge in [0.05, 0.1) is 0 Å². The number of hydrogen-bond acceptors (Lipinski definition) is 4. The van der Waals surface area contributed by atoms with Crippen LogP contribution in [0.3, 0.4) is 0 Å². The van der Waals surface area contributed by atoms with Crippen LogP contribution in [0.25, 0.3) is 0 Å². The molecule has 2 aromatic rings. The molecule has 22 heavy (non-hydrogen) atoms. The van der Waals surface area contributed by atoms with Gasteiger partial charge in [0, 0.05) is 4.90 Å². The largest absolute Gasteiger partial charge is 1.00 e. The third kappa shape index (κ3) is 5.45. The smallest absolute Gasteiger partial charge is 0.760 e. The second kappa shape index (κ2) is 8.05. The van der Waals surface area contributed by atoms with Crippen LogP contribution in [0.5, 0.6) is 5.75 Å². The summed E-state index contributed by atoms with van der Waals surface area (Å²) in [4.78, 5) is 13.0. The summed E-state index contributed by atoms with van der Waals surface area (Å²) in [6.45, 7) is 3.49. The maximum absolute atomic E-state index is 12.3. The standard InChI is InChI=1S/C16H19O3PS.Na/c1-11-5-7-13(3)15(9-11)19-20(17,18)21-16-10-12(2)6-8-14(16)4;/h5-10H,1-4H3,(H,17,18);/q;+1/p-1. The number of aryl methyl sites for hydroxylation is 4. The van der Waals surface area contributed by atoms with Gasteiger partial charge < -0.3 is 9.42 Å². The molecule has 0 radical (unpaired) electrons. The number of rotatable bonds is 4. The summed E-state index contributed by atoms with van der Waals surface area (Å²) in [6.07, 6.45) is 0. The first-order valence-corrected chi connectivity index (χ1v) is 9.58. The van der Waals surface area contributed by atoms with Crippen molar-refractivity contribution in [3.63, 3.8) is 0 Å². The molecule has 112 valence electrons. The fourth-order valence-electron chi connectivity index (χ4n) is 1.87. The first-order chi connectivity index (χ1) is 9.77. The van der Waals surface area contributed by atoms with Crippen molar-refractivity contribution >= 4 is 18.2 Å². The molecule has 0 bridgehead atoms. The van der Waals surface area contributed by atoms with Gasteiger partial charge in [0.25, 0.3) is 0 Å². The van der Waals surface area contributed by atoms with E-state index in [4.69, 9.17) is 4.52 Å². The second-order valence-electron chi connectivity index (χ2n) is 5.17. The zero-order chi connectivity index (χ0) is 15.6. The van der Waals surface area contributed by atoms with Gasteiger partial charge in [-0.25, -0.2) is 0 Å². The van der Waals surface area contributed by atoms with Gasteiger partial charge in [0.2, 0.25) is 6.80 Å². The van der Waals surface area contributed by atoms with Crippen LogP contribution in [-0.2, 0) is 4.57 Å². The quantitative estimate of drug-likeness (QED) is 0.624. The summed E-state index contributed by atoms with van der Waals surface area (Å²) in [6, 6.07) is 11.2. The maximum Gasteiger partial charge on any atom is 1.00 e. The van der Waals surface area contributed by atoms with Gasteiger partial charge in [-0.15, -0.1) is 0 Å². The summed E-state index contributed by atoms with van der Waals surface area (Å²) in [5, 5.41) is 0. The molecule has 3 nitrogen and oxygen atoms in total. The Hall–Kier alpha value is -0.220. The molecule has 0 aliphatic carbocycles. The van der Waals surface area contributed by atoms with Gasteiger partial charge in [-0.1, -0.05) is 24.3 Å². The van der Waals surface area contributed by atoms with Gasteiger partial charge in [-0.2, -0.15) is 0 Å². The van der Waals surface area contributed by atoms with E-state index in [9.17, 15) is 9.46 Å². The molecule has 0 aromatic heterocycles. The van der Waals surface area contributed by atoms with Crippen LogP contribution < -0.4 is 39.0 Å². The van der Waals surface area contributed by atoms with Crippen LogP contribution in [0.2, 0.25) is 0 Å². The van der Waals surface area contributed by atoms with E-state index in [0.717, 1.165) is 33.6 Å². The molecule has 2 rings (SSSR count). The first kappa shape index (κ1) is 19.8. The molecular weight excluding hydrogens is 326 g/mol. The third-order valence-electron chi connectivity index (χ3n) is 3.11. The predicted molar refractivity (Wildman–Crippen MR) is 85.9 cm³/mol. The van der Waals surface area contributed by atoms with Crippen molar-refractivity contribution in [1.29, 1.82) is 0 Å². The van der Waals surface area contributed by atoms with Crippen molar-refractivity contribution in [3.05, 3.63) is 58.7 Å². The van der Waals surface area contributed by atoms with Crippen molar-refractivity contribution < 1.29 is 43.5 Å². The van der Waals surface area contributed by atoms with Crippen molar-refractivity contribution in [2.24, 2.45) is 0 Å². The van der Waals surface area contributed by atoms with Crippen molar-refractivity contribution in [2.75, 3.05) is 0 Å². The maximum atomic E-state index is 12.3. The van der Waals surface area contributed by atoms with Gasteiger partial charge in [0.1, 0.15) is 5.75 Å². The van der Waals surface area contributed by atoms with E-state index in [-0.39, 0.29) is 29.6 Å². The molecular formula is C16H18NaO3PS. The van der Waals surface area contributed by atoms with Crippen LogP contribution >= 0.6 is 18.2 Å². The summed E-state index contributed by atoms with van der Waals surface area (Å²) >= 11 is 0.774. The predicted octanol–water partition coefficient (Wildman–Crippen LogP) is 1.56. The molecule has 1 unspecified atom stereocenters. The van der Waals surface area contributed by atoms with Crippen LogP contribution in [0, 0.1) is 27.7 Å². The van der Waals surface area contributed by atoms with E-state index in [2.05, 4.69) is 0 Å². The molecule has 0 aliphatic rings. The molecule has 6 heteroatoms. The van der Waals surface area contributed by atoms with Crippen LogP contribution in [-0.4, -0.2) is 0 Å². The van der Waals surface area contributed by atoms with Gasteiger partial charge >= 0.3 is 29.6 Å². The molecule has 0 fully saturated rings. The van der Waals surface area contributed by atoms with E-state index in [1.165, 1.54) is 0 Å². The fraction of sp³-hybridized carbons (Fsp3) is 0.250. The van der Waals surface area contributed by atoms with E-state index in [1.807, 2.05) is 58.0 Å². The van der Waals surface area contributed by atoms with Crippen molar-refractivity contribution in [2.45, 2.75) is 32.6 Å². The number of benzene rings is 2. The average molecular weight is 344 g/mol. The minimum absolute atomic E-state index is 0. The third-order valence-corrected chi connectivity index (χ3v) is 5.87. The van der Waals surface area contributed by atoms with Gasteiger partial charge in [-0.05, 0) is 73.5 Å². The minimum atomic E-state index is -4.06. The second-order valence-corrected chi connectivity index (χ2v) is 8.76. The SMILES string of the molecule is Cc1ccc(C)c(OP(=O)([O-])Sc2cc(C)ccc2C)c1.[Na+]. The Morgan fingerprint density at radius 2 is 1.50 bits per heavy atom. The van der Waals surface area contributed by atoms with E-state index < -0.39 is 6.80 Å². The van der Waals surface area contributed by atoms with E-state index in [1.54, 1.807) is 6.07 Å². The number of hydrogen-bond donors (Lipinski definition) is 0. The summed E-state index contributed by atoms with van der Waals surface area (Å²) in [5.74, 6) is 0.395. The Morgan fingerprint density at radius 1 is 0.955 bits per heavy atom. The zero-order valence-corrected chi connectivity index (χ0v) is 17.3. The molecule has 0 amide bonds. The van der Waals surface area contributed by atoms with E-state index in [0.29, 0.717) is 10.6 Å². The van der Waals surface area contributed by atoms with Gasteiger partial charge in [-0.3, -0.25) is 4.57 Å². The fourth-order valence-corrected chi connectivity index (χ4v) is 4.70. The zero-order valence-electron chi connectivity index (χ0n) is 13.5. The Labute approximate surface area is 158 Å². The minimum Gasteiger partial charge on any atom is -0.760 e. The van der Waals surface area contributed by atoms with Crippen molar-refractivity contribution in [1.82, 2.24) is 0 Å². The molecule has 0 aliphatic heterocycles. The summed E-state index contributed by atoms with van der Waals surface area (Å²) in [5.41, 5.74) is 3.71. The van der Waals surface area contributed by atoms with Crippen molar-refractivity contribution in [3.8, 4) is 5.75 Å². The average Bonchev–Trinajstić information content (AvgIpc) is 2.37. The van der Waals surface area contributed by atoms with Crippen LogP contribution in [0.15, 0.2) is 41.3 Å². The van der Waals surface area contributed by atoms with E-state index >= 15 is 0 Å². The summed E-state index contributed by atoms with van der Waals surface area (Å²) in [7, 11) is 0. The molecule has 2 aromatic carbocycles. The van der Waals surface area contributed by atoms with Gasteiger partial charge in [0.15, 0.2) is 0 Å². The van der Waals surface area contributed by atoms with Crippen LogP contribution in [0.1, 0.15) is 22.3 Å². The molecule has 0 saturated heterocycles. The molecule has 1 atom stereocenters. The molecule has 0 saturated carbocycles. The first-order valence-electron chi connectivity index (χ1n) is 6.61. The molecule has 0 N–H and O–H groups in total. The monoisotopic (exact) mass is 344 g/mol. The Morgan fingerprint density at radius 3 is 2.14 bits per heavy atom. The Bertz CT molecular complexity index is 661. The topological polar surface area (TPSA) is 49.4 Å². The normalized spacial score (nSPS) is 13.1. The summed E-state index contributed by atoms with van der Waals surface area (Å²) < 4.78 is 17.5. The Balaban J connectivity index is 0.00000242. The van der Waals surface area contributed by atoms with Crippen LogP contribution in [0.4, 0.5) is 0 Å².